The number of amides is 1. The van der Waals surface area contributed by atoms with E-state index < -0.39 is 17.8 Å². The first-order valence-corrected chi connectivity index (χ1v) is 28.8. The zero-order valence-electron chi connectivity index (χ0n) is 45.8. The molecule has 8 heterocycles. The van der Waals surface area contributed by atoms with Crippen molar-refractivity contribution in [1.82, 2.24) is 38.9 Å². The van der Waals surface area contributed by atoms with E-state index in [0.717, 1.165) is 121 Å². The molecule has 19 nitrogen and oxygen atoms in total. The van der Waals surface area contributed by atoms with Crippen molar-refractivity contribution < 1.29 is 28.5 Å². The molecule has 3 saturated heterocycles. The lowest BCUT2D eigenvalue weighted by Gasteiger charge is -2.42. The molecule has 0 radical (unpaired) electrons. The summed E-state index contributed by atoms with van der Waals surface area (Å²) in [6, 6.07) is 19.9. The number of piperazine rings is 1. The monoisotopic (exact) mass is 1110 g/mol. The van der Waals surface area contributed by atoms with E-state index in [1.807, 2.05) is 47.2 Å². The third-order valence-electron chi connectivity index (χ3n) is 16.1. The molecule has 0 bridgehead atoms. The molecule has 10 rings (SSSR count). The SMILES string of the molecule is C=C(F)C(=O)N1CCN(c2nc(OC[C@@H]3CCCN3CCCOCCOCCn3cc(CNc4cc(N5CCCC[C@H]5CCO)nc5c(CC)cnn45)ccc3=O)nc3c2CCN(c2cccc4cccc(Cl)c24)C3)C[C@@H]1CC#N. The molecule has 0 spiro atoms. The van der Waals surface area contributed by atoms with Gasteiger partial charge < -0.3 is 48.8 Å². The molecule has 0 unspecified atom stereocenters. The van der Waals surface area contributed by atoms with Gasteiger partial charge in [-0.15, -0.1) is 0 Å². The number of fused-ring (bicyclic) bond motifs is 3. The van der Waals surface area contributed by atoms with E-state index in [1.165, 1.54) is 4.90 Å². The predicted octanol–water partition coefficient (Wildman–Crippen LogP) is 7.35. The number of likely N-dealkylation sites (tertiary alicyclic amines) is 1. The van der Waals surface area contributed by atoms with Gasteiger partial charge >= 0.3 is 6.01 Å². The maximum atomic E-state index is 14.1. The number of benzene rings is 2. The van der Waals surface area contributed by atoms with Gasteiger partial charge in [-0.3, -0.25) is 14.5 Å². The summed E-state index contributed by atoms with van der Waals surface area (Å²) < 4.78 is 36.1. The first-order valence-electron chi connectivity index (χ1n) is 28.4. The normalized spacial score (nSPS) is 18.7. The summed E-state index contributed by atoms with van der Waals surface area (Å²) >= 11 is 6.80. The Morgan fingerprint density at radius 3 is 2.60 bits per heavy atom. The zero-order chi connectivity index (χ0) is 55.5. The Morgan fingerprint density at radius 2 is 1.77 bits per heavy atom. The van der Waals surface area contributed by atoms with Crippen LogP contribution in [0, 0.1) is 11.3 Å². The number of aliphatic hydroxyl groups is 1. The number of aryl methyl sites for hydroxylation is 1. The lowest BCUT2D eigenvalue weighted by atomic mass is 9.99. The topological polar surface area (TPSA) is 195 Å². The first kappa shape index (κ1) is 56.4. The van der Waals surface area contributed by atoms with Gasteiger partial charge in [-0.25, -0.2) is 9.37 Å². The standard InChI is InChI=1S/C59H73ClFN13O6/c1-3-43-36-64-74-52(34-53(66-56(43)74)72-24-5-4-12-45(72)20-29-75)63-35-42-16-17-54(76)70(37-42)28-31-79-33-32-78-30-9-23-68-22-8-13-47(68)40-80-59-65-50-39-69(51-15-7-11-44-10-6-14-49(60)55(44)51)25-19-48(50)57(67-59)71-26-27-73(58(77)41(2)61)46(38-71)18-21-62/h6-7,10-11,14-17,34,36-37,45-47,63,75H,2-5,8-9,12-13,18-20,22-33,35,38-40H2,1H3/t45-,46-,47-/m0/s1. The van der Waals surface area contributed by atoms with Crippen LogP contribution in [0.3, 0.4) is 0 Å². The van der Waals surface area contributed by atoms with Crippen molar-refractivity contribution >= 4 is 57.1 Å². The number of aromatic nitrogens is 6. The minimum Gasteiger partial charge on any atom is -0.462 e. The third kappa shape index (κ3) is 13.0. The summed E-state index contributed by atoms with van der Waals surface area (Å²) in [4.78, 5) is 51.4. The number of nitriles is 1. The molecular formula is C59H73ClFN13O6. The maximum absolute atomic E-state index is 14.1. The molecule has 4 aliphatic rings. The van der Waals surface area contributed by atoms with Crippen molar-refractivity contribution in [2.24, 2.45) is 0 Å². The van der Waals surface area contributed by atoms with E-state index in [2.05, 4.69) is 67.8 Å². The van der Waals surface area contributed by atoms with Crippen LogP contribution in [0.2, 0.25) is 5.02 Å². The number of rotatable bonds is 24. The van der Waals surface area contributed by atoms with E-state index in [4.69, 9.17) is 40.8 Å². The van der Waals surface area contributed by atoms with E-state index in [0.29, 0.717) is 96.0 Å². The second kappa shape index (κ2) is 26.6. The Morgan fingerprint density at radius 1 is 0.938 bits per heavy atom. The number of hydrogen-bond donors (Lipinski definition) is 2. The molecule has 2 aromatic carbocycles. The van der Waals surface area contributed by atoms with E-state index >= 15 is 0 Å². The Labute approximate surface area is 471 Å². The molecule has 80 heavy (non-hydrogen) atoms. The predicted molar refractivity (Wildman–Crippen MR) is 307 cm³/mol. The molecule has 1 amide bonds. The molecule has 4 aromatic heterocycles. The average molecular weight is 1110 g/mol. The fourth-order valence-corrected chi connectivity index (χ4v) is 12.2. The highest BCUT2D eigenvalue weighted by atomic mass is 35.5. The smallest absolute Gasteiger partial charge is 0.318 e. The Kier molecular flexibility index (Phi) is 18.7. The highest BCUT2D eigenvalue weighted by Crippen LogP contribution is 2.38. The van der Waals surface area contributed by atoms with Crippen molar-refractivity contribution in [3.8, 4) is 12.1 Å². The van der Waals surface area contributed by atoms with E-state index in [9.17, 15) is 24.3 Å². The molecule has 3 fully saturated rings. The molecule has 3 atom stereocenters. The molecule has 2 N–H and O–H groups in total. The number of pyridine rings is 1. The van der Waals surface area contributed by atoms with Crippen molar-refractivity contribution in [1.29, 1.82) is 5.26 Å². The van der Waals surface area contributed by atoms with Crippen LogP contribution in [0.5, 0.6) is 6.01 Å². The number of halogens is 2. The third-order valence-corrected chi connectivity index (χ3v) is 16.4. The number of nitrogens with one attached hydrogen (secondary N) is 1. The zero-order valence-corrected chi connectivity index (χ0v) is 46.5. The van der Waals surface area contributed by atoms with Gasteiger partial charge in [-0.1, -0.05) is 55.4 Å². The van der Waals surface area contributed by atoms with Crippen LogP contribution in [-0.4, -0.2) is 154 Å². The van der Waals surface area contributed by atoms with Crippen LogP contribution < -0.4 is 30.3 Å². The number of piperidine rings is 1. The van der Waals surface area contributed by atoms with Gasteiger partial charge in [0, 0.05) is 118 Å². The number of anilines is 4. The number of carbonyl (C=O) groups excluding carboxylic acids is 1. The van der Waals surface area contributed by atoms with Crippen molar-refractivity contribution in [2.75, 3.05) is 105 Å². The lowest BCUT2D eigenvalue weighted by Crippen LogP contribution is -2.55. The van der Waals surface area contributed by atoms with Crippen molar-refractivity contribution in [3.05, 3.63) is 117 Å². The van der Waals surface area contributed by atoms with Crippen LogP contribution in [0.4, 0.5) is 27.5 Å². The number of ether oxygens (including phenoxy) is 3. The van der Waals surface area contributed by atoms with Crippen molar-refractivity contribution in [2.45, 2.75) is 109 Å². The maximum Gasteiger partial charge on any atom is 0.318 e. The molecule has 21 heteroatoms. The average Bonchev–Trinajstić information content (AvgIpc) is 4.28. The van der Waals surface area contributed by atoms with Gasteiger partial charge in [0.1, 0.15) is 24.1 Å². The van der Waals surface area contributed by atoms with E-state index in [1.54, 1.807) is 10.6 Å². The molecular weight excluding hydrogens is 1040 g/mol. The number of carbonyl (C=O) groups is 1. The van der Waals surface area contributed by atoms with Crippen LogP contribution in [0.1, 0.15) is 80.7 Å². The minimum absolute atomic E-state index is 0.0393. The number of nitrogens with zero attached hydrogens (tertiary/aromatic N) is 12. The summed E-state index contributed by atoms with van der Waals surface area (Å²) in [5.41, 5.74) is 5.59. The van der Waals surface area contributed by atoms with Crippen LogP contribution >= 0.6 is 11.6 Å². The Balaban J connectivity index is 0.702. The Bertz CT molecular complexity index is 3240. The highest BCUT2D eigenvalue weighted by Gasteiger charge is 2.36. The summed E-state index contributed by atoms with van der Waals surface area (Å²) in [5, 5.41) is 30.5. The van der Waals surface area contributed by atoms with Gasteiger partial charge in [0.2, 0.25) is 0 Å². The molecule has 0 saturated carbocycles. The van der Waals surface area contributed by atoms with Crippen LogP contribution in [0.25, 0.3) is 16.4 Å². The first-order chi connectivity index (χ1) is 39.1. The van der Waals surface area contributed by atoms with Crippen molar-refractivity contribution in [3.63, 3.8) is 0 Å². The fourth-order valence-electron chi connectivity index (χ4n) is 11.9. The molecule has 0 aliphatic carbocycles. The van der Waals surface area contributed by atoms with E-state index in [-0.39, 0.29) is 43.2 Å². The summed E-state index contributed by atoms with van der Waals surface area (Å²) in [5.74, 6) is 0.587. The van der Waals surface area contributed by atoms with Gasteiger partial charge in [-0.2, -0.15) is 24.8 Å². The largest absolute Gasteiger partial charge is 0.462 e. The fraction of sp³-hybridized carbons (Fsp3) is 0.508. The van der Waals surface area contributed by atoms with Crippen LogP contribution in [-0.2, 0) is 46.7 Å². The second-order valence-corrected chi connectivity index (χ2v) is 21.6. The van der Waals surface area contributed by atoms with Gasteiger partial charge in [-0.05, 0) is 87.4 Å². The minimum atomic E-state index is -1.04. The molecule has 424 valence electrons. The van der Waals surface area contributed by atoms with Gasteiger partial charge in [0.25, 0.3) is 11.5 Å². The molecule has 6 aromatic rings. The lowest BCUT2D eigenvalue weighted by molar-refractivity contribution is -0.131. The van der Waals surface area contributed by atoms with Gasteiger partial charge in [0.15, 0.2) is 11.5 Å². The number of hydrogen-bond acceptors (Lipinski definition) is 16. The summed E-state index contributed by atoms with van der Waals surface area (Å²) in [6.07, 6.45) is 12.1. The van der Waals surface area contributed by atoms with Gasteiger partial charge in [0.05, 0.1) is 61.8 Å². The van der Waals surface area contributed by atoms with Crippen LogP contribution in [0.15, 0.2) is 84.2 Å². The number of aliphatic hydroxyl groups excluding tert-OH is 1. The quantitative estimate of drug-likeness (QED) is 0.0451. The molecule has 4 aliphatic heterocycles. The highest BCUT2D eigenvalue weighted by molar-refractivity contribution is 6.36. The summed E-state index contributed by atoms with van der Waals surface area (Å²) in [7, 11) is 0. The Hall–Kier alpha value is -6.89. The second-order valence-electron chi connectivity index (χ2n) is 21.2. The summed E-state index contributed by atoms with van der Waals surface area (Å²) in [6.45, 7) is 13.4.